The minimum Gasteiger partial charge on any atom is -0.461 e. The molecule has 0 radical (unpaired) electrons. The van der Waals surface area contributed by atoms with Crippen molar-refractivity contribution < 1.29 is 26.4 Å². The predicted molar refractivity (Wildman–Crippen MR) is 113 cm³/mol. The highest BCUT2D eigenvalue weighted by Gasteiger charge is 2.19. The van der Waals surface area contributed by atoms with Gasteiger partial charge >= 0.3 is 5.97 Å². The molecule has 2 N–H and O–H groups in total. The lowest BCUT2D eigenvalue weighted by atomic mass is 10.3. The lowest BCUT2D eigenvalue weighted by molar-refractivity contribution is 0.0519. The zero-order chi connectivity index (χ0) is 22.6. The van der Waals surface area contributed by atoms with Gasteiger partial charge in [0.15, 0.2) is 5.69 Å². The zero-order valence-corrected chi connectivity index (χ0v) is 18.3. The Labute approximate surface area is 180 Å². The third-order valence-corrected chi connectivity index (χ3v) is 6.94. The normalized spacial score (nSPS) is 11.8. The van der Waals surface area contributed by atoms with Gasteiger partial charge in [0.1, 0.15) is 0 Å². The Bertz CT molecular complexity index is 1300. The molecule has 3 rings (SSSR count). The fourth-order valence-electron chi connectivity index (χ4n) is 2.60. The van der Waals surface area contributed by atoms with Gasteiger partial charge < -0.3 is 4.74 Å². The smallest absolute Gasteiger partial charge is 0.358 e. The van der Waals surface area contributed by atoms with E-state index in [-0.39, 0.29) is 27.8 Å². The quantitative estimate of drug-likeness (QED) is 0.485. The topological polar surface area (TPSA) is 136 Å². The highest BCUT2D eigenvalue weighted by molar-refractivity contribution is 7.93. The maximum Gasteiger partial charge on any atom is 0.358 e. The number of rotatable bonds is 8. The van der Waals surface area contributed by atoms with Crippen LogP contribution < -0.4 is 9.44 Å². The maximum absolute atomic E-state index is 12.7. The number of anilines is 1. The van der Waals surface area contributed by atoms with Gasteiger partial charge in [0.25, 0.3) is 10.0 Å². The molecule has 0 spiro atoms. The number of aromatic nitrogens is 2. The number of nitrogens with one attached hydrogen (secondary N) is 2. The number of ether oxygens (including phenoxy) is 1. The van der Waals surface area contributed by atoms with Crippen LogP contribution in [0.2, 0.25) is 0 Å². The van der Waals surface area contributed by atoms with Crippen LogP contribution in [0, 0.1) is 0 Å². The van der Waals surface area contributed by atoms with E-state index in [4.69, 9.17) is 4.74 Å². The van der Waals surface area contributed by atoms with Crippen molar-refractivity contribution in [2.75, 3.05) is 18.4 Å². The lowest BCUT2D eigenvalue weighted by Crippen LogP contribution is -2.19. The highest BCUT2D eigenvalue weighted by atomic mass is 32.2. The molecule has 164 valence electrons. The Morgan fingerprint density at radius 1 is 1.00 bits per heavy atom. The standard InChI is InChI=1S/C19H20N4O6S2/c1-3-29-19(24)18-11-12-23(21-18)15-9-7-14(8-10-15)22-31(27,28)17-6-4-5-16(13-17)30(25,26)20-2/h4-13,20,22H,3H2,1-2H3. The molecule has 10 nitrogen and oxygen atoms in total. The van der Waals surface area contributed by atoms with Gasteiger partial charge in [-0.3, -0.25) is 4.72 Å². The number of carbonyl (C=O) groups is 1. The summed E-state index contributed by atoms with van der Waals surface area (Å²) in [6, 6.07) is 12.8. The van der Waals surface area contributed by atoms with E-state index in [1.807, 2.05) is 0 Å². The lowest BCUT2D eigenvalue weighted by Gasteiger charge is -2.10. The Morgan fingerprint density at radius 3 is 2.26 bits per heavy atom. The molecule has 1 aromatic heterocycles. The molecule has 0 saturated carbocycles. The van der Waals surface area contributed by atoms with Crippen LogP contribution >= 0.6 is 0 Å². The summed E-state index contributed by atoms with van der Waals surface area (Å²) in [7, 11) is -6.56. The SMILES string of the molecule is CCOC(=O)c1ccn(-c2ccc(NS(=O)(=O)c3cccc(S(=O)(=O)NC)c3)cc2)n1. The van der Waals surface area contributed by atoms with Gasteiger partial charge in [-0.1, -0.05) is 6.07 Å². The van der Waals surface area contributed by atoms with Crippen molar-refractivity contribution >= 4 is 31.7 Å². The number of hydrogen-bond acceptors (Lipinski definition) is 7. The molecule has 31 heavy (non-hydrogen) atoms. The molecule has 0 fully saturated rings. The van der Waals surface area contributed by atoms with Crippen molar-refractivity contribution in [3.63, 3.8) is 0 Å². The molecule has 0 amide bonds. The molecule has 3 aromatic rings. The first-order valence-electron chi connectivity index (χ1n) is 9.06. The minimum atomic E-state index is -4.02. The van der Waals surface area contributed by atoms with Crippen molar-refractivity contribution in [3.8, 4) is 5.69 Å². The van der Waals surface area contributed by atoms with Crippen LogP contribution in [0.4, 0.5) is 5.69 Å². The summed E-state index contributed by atoms with van der Waals surface area (Å²) in [6.45, 7) is 1.94. The van der Waals surface area contributed by atoms with Crippen LogP contribution in [0.5, 0.6) is 0 Å². The van der Waals surface area contributed by atoms with Crippen molar-refractivity contribution in [3.05, 3.63) is 66.5 Å². The van der Waals surface area contributed by atoms with Crippen LogP contribution in [0.1, 0.15) is 17.4 Å². The second-order valence-electron chi connectivity index (χ2n) is 6.20. The third kappa shape index (κ3) is 5.10. The van der Waals surface area contributed by atoms with Gasteiger partial charge in [0.2, 0.25) is 10.0 Å². The molecular formula is C19H20N4O6S2. The molecule has 2 aromatic carbocycles. The Morgan fingerprint density at radius 2 is 1.65 bits per heavy atom. The molecular weight excluding hydrogens is 444 g/mol. The van der Waals surface area contributed by atoms with Gasteiger partial charge in [-0.25, -0.2) is 31.0 Å². The van der Waals surface area contributed by atoms with Crippen LogP contribution in [-0.4, -0.2) is 46.2 Å². The maximum atomic E-state index is 12.7. The summed E-state index contributed by atoms with van der Waals surface area (Å²) in [5, 5.41) is 4.13. The second kappa shape index (κ2) is 8.88. The fraction of sp³-hybridized carbons (Fsp3) is 0.158. The van der Waals surface area contributed by atoms with Crippen LogP contribution in [0.3, 0.4) is 0 Å². The molecule has 12 heteroatoms. The summed E-state index contributed by atoms with van der Waals surface area (Å²) >= 11 is 0. The number of nitrogens with zero attached hydrogens (tertiary/aromatic N) is 2. The van der Waals surface area contributed by atoms with Gasteiger partial charge in [0.05, 0.1) is 22.1 Å². The summed E-state index contributed by atoms with van der Waals surface area (Å²) in [5.41, 5.74) is 1.02. The number of sulfonamides is 2. The average Bonchev–Trinajstić information content (AvgIpc) is 3.25. The van der Waals surface area contributed by atoms with Gasteiger partial charge in [-0.2, -0.15) is 5.10 Å². The summed E-state index contributed by atoms with van der Waals surface area (Å²) in [4.78, 5) is 11.4. The predicted octanol–water partition coefficient (Wildman–Crippen LogP) is 1.76. The largest absolute Gasteiger partial charge is 0.461 e. The summed E-state index contributed by atoms with van der Waals surface area (Å²) < 4.78 is 60.1. The molecule has 1 heterocycles. The van der Waals surface area contributed by atoms with E-state index in [2.05, 4.69) is 14.5 Å². The average molecular weight is 465 g/mol. The van der Waals surface area contributed by atoms with E-state index in [1.54, 1.807) is 25.3 Å². The number of carbonyl (C=O) groups excluding carboxylic acids is 1. The van der Waals surface area contributed by atoms with Crippen molar-refractivity contribution in [1.29, 1.82) is 0 Å². The first-order valence-corrected chi connectivity index (χ1v) is 12.0. The van der Waals surface area contributed by atoms with Crippen LogP contribution in [0.25, 0.3) is 5.69 Å². The van der Waals surface area contributed by atoms with Crippen molar-refractivity contribution in [1.82, 2.24) is 14.5 Å². The minimum absolute atomic E-state index is 0.156. The van der Waals surface area contributed by atoms with Gasteiger partial charge in [-0.05, 0) is 62.5 Å². The molecule has 0 aliphatic rings. The Kier molecular flexibility index (Phi) is 6.43. The second-order valence-corrected chi connectivity index (χ2v) is 9.77. The van der Waals surface area contributed by atoms with E-state index in [0.29, 0.717) is 5.69 Å². The van der Waals surface area contributed by atoms with E-state index in [9.17, 15) is 21.6 Å². The number of esters is 1. The zero-order valence-electron chi connectivity index (χ0n) is 16.6. The number of benzene rings is 2. The summed E-state index contributed by atoms with van der Waals surface area (Å²) in [6.07, 6.45) is 1.58. The first kappa shape index (κ1) is 22.5. The first-order chi connectivity index (χ1) is 14.7. The van der Waals surface area contributed by atoms with E-state index in [0.717, 1.165) is 6.07 Å². The van der Waals surface area contributed by atoms with Crippen LogP contribution in [0.15, 0.2) is 70.6 Å². The number of hydrogen-bond donors (Lipinski definition) is 2. The van der Waals surface area contributed by atoms with Crippen molar-refractivity contribution in [2.45, 2.75) is 16.7 Å². The Hall–Kier alpha value is -3.22. The molecule has 0 aliphatic heterocycles. The summed E-state index contributed by atoms with van der Waals surface area (Å²) in [5.74, 6) is -0.534. The van der Waals surface area contributed by atoms with Gasteiger partial charge in [-0.15, -0.1) is 0 Å². The molecule has 0 saturated heterocycles. The molecule has 0 atom stereocenters. The van der Waals surface area contributed by atoms with E-state index in [1.165, 1.54) is 48.1 Å². The monoisotopic (exact) mass is 464 g/mol. The molecule has 0 aliphatic carbocycles. The molecule has 0 unspecified atom stereocenters. The van der Waals surface area contributed by atoms with E-state index >= 15 is 0 Å². The Balaban J connectivity index is 1.80. The third-order valence-electron chi connectivity index (χ3n) is 4.15. The highest BCUT2D eigenvalue weighted by Crippen LogP contribution is 2.20. The van der Waals surface area contributed by atoms with Crippen molar-refractivity contribution in [2.24, 2.45) is 0 Å². The fourth-order valence-corrected chi connectivity index (χ4v) is 4.56. The van der Waals surface area contributed by atoms with Crippen LogP contribution in [-0.2, 0) is 24.8 Å². The van der Waals surface area contributed by atoms with E-state index < -0.39 is 26.0 Å². The van der Waals surface area contributed by atoms with Gasteiger partial charge in [0, 0.05) is 11.9 Å². The molecule has 0 bridgehead atoms.